The van der Waals surface area contributed by atoms with E-state index in [1.54, 1.807) is 4.90 Å². The van der Waals surface area contributed by atoms with Gasteiger partial charge in [0.05, 0.1) is 12.2 Å². The number of β-amino-alcohol motifs (C(OH)–C–C–N with tert-alkyl or cyclic N) is 2. The third kappa shape index (κ3) is 5.67. The Bertz CT molecular complexity index is 518. The van der Waals surface area contributed by atoms with Gasteiger partial charge in [0.1, 0.15) is 0 Å². The van der Waals surface area contributed by atoms with Crippen LogP contribution in [0.2, 0.25) is 0 Å². The van der Waals surface area contributed by atoms with Gasteiger partial charge < -0.3 is 20.0 Å². The number of carbonyl (C=O) groups excluding carboxylic acids is 2. The van der Waals surface area contributed by atoms with Gasteiger partial charge in [-0.15, -0.1) is 0 Å². The number of hydrogen-bond acceptors (Lipinski definition) is 4. The minimum absolute atomic E-state index is 0.0677. The normalized spacial score (nSPS) is 28.8. The van der Waals surface area contributed by atoms with Crippen LogP contribution in [0.4, 0.5) is 0 Å². The van der Waals surface area contributed by atoms with E-state index in [4.69, 9.17) is 0 Å². The van der Waals surface area contributed by atoms with Crippen LogP contribution in [0.25, 0.3) is 0 Å². The Morgan fingerprint density at radius 2 is 1.37 bits per heavy atom. The Kier molecular flexibility index (Phi) is 7.15. The Morgan fingerprint density at radius 1 is 0.815 bits per heavy atom. The summed E-state index contributed by atoms with van der Waals surface area (Å²) in [5.74, 6) is 0.274. The van der Waals surface area contributed by atoms with E-state index in [0.29, 0.717) is 25.9 Å². The number of aliphatic hydroxyl groups excluding tert-OH is 2. The van der Waals surface area contributed by atoms with Gasteiger partial charge in [-0.3, -0.25) is 9.59 Å². The molecule has 3 fully saturated rings. The molecule has 27 heavy (non-hydrogen) atoms. The lowest BCUT2D eigenvalue weighted by Crippen LogP contribution is -2.45. The van der Waals surface area contributed by atoms with E-state index in [-0.39, 0.29) is 17.2 Å². The van der Waals surface area contributed by atoms with Gasteiger partial charge in [-0.1, -0.05) is 19.3 Å². The summed E-state index contributed by atoms with van der Waals surface area (Å²) in [6, 6.07) is 0. The SMILES string of the molecule is O=C(CCC1(CC(=O)N2CCCC(O)C2)CCCCC1)N1CCCC(O)C1. The number of carbonyl (C=O) groups is 2. The molecule has 2 heterocycles. The average molecular weight is 381 g/mol. The van der Waals surface area contributed by atoms with Crippen molar-refractivity contribution in [1.29, 1.82) is 0 Å². The van der Waals surface area contributed by atoms with Crippen LogP contribution in [0, 0.1) is 5.41 Å². The number of likely N-dealkylation sites (tertiary alicyclic amines) is 2. The zero-order valence-corrected chi connectivity index (χ0v) is 16.6. The molecule has 3 rings (SSSR count). The van der Waals surface area contributed by atoms with Gasteiger partial charge >= 0.3 is 0 Å². The highest BCUT2D eigenvalue weighted by Crippen LogP contribution is 2.44. The zero-order valence-electron chi connectivity index (χ0n) is 16.6. The van der Waals surface area contributed by atoms with Crippen LogP contribution in [-0.4, -0.2) is 70.2 Å². The van der Waals surface area contributed by atoms with Crippen molar-refractivity contribution in [2.75, 3.05) is 26.2 Å². The lowest BCUT2D eigenvalue weighted by Gasteiger charge is -2.40. The second-order valence-corrected chi connectivity index (χ2v) is 9.01. The van der Waals surface area contributed by atoms with Gasteiger partial charge in [-0.2, -0.15) is 0 Å². The molecule has 0 radical (unpaired) electrons. The van der Waals surface area contributed by atoms with Crippen molar-refractivity contribution in [2.45, 2.75) is 89.3 Å². The zero-order chi connectivity index (χ0) is 19.3. The molecule has 0 spiro atoms. The fourth-order valence-corrected chi connectivity index (χ4v) is 5.14. The second-order valence-electron chi connectivity index (χ2n) is 9.01. The van der Waals surface area contributed by atoms with Gasteiger partial charge in [0.2, 0.25) is 11.8 Å². The van der Waals surface area contributed by atoms with E-state index < -0.39 is 12.2 Å². The Hall–Kier alpha value is -1.14. The van der Waals surface area contributed by atoms with Gasteiger partial charge in [0.25, 0.3) is 0 Å². The highest BCUT2D eigenvalue weighted by molar-refractivity contribution is 5.78. The maximum absolute atomic E-state index is 12.9. The number of hydrogen-bond donors (Lipinski definition) is 2. The maximum Gasteiger partial charge on any atom is 0.223 e. The molecule has 1 aliphatic carbocycles. The Labute approximate surface area is 162 Å². The van der Waals surface area contributed by atoms with Gasteiger partial charge in [0.15, 0.2) is 0 Å². The molecule has 2 amide bonds. The summed E-state index contributed by atoms with van der Waals surface area (Å²) in [7, 11) is 0. The molecule has 6 nitrogen and oxygen atoms in total. The highest BCUT2D eigenvalue weighted by atomic mass is 16.3. The minimum Gasteiger partial charge on any atom is -0.391 e. The van der Waals surface area contributed by atoms with Crippen LogP contribution in [0.15, 0.2) is 0 Å². The highest BCUT2D eigenvalue weighted by Gasteiger charge is 2.37. The third-order valence-electron chi connectivity index (χ3n) is 6.81. The molecule has 154 valence electrons. The van der Waals surface area contributed by atoms with Crippen LogP contribution in [-0.2, 0) is 9.59 Å². The molecular weight excluding hydrogens is 344 g/mol. The summed E-state index contributed by atoms with van der Waals surface area (Å²) in [6.45, 7) is 2.40. The summed E-state index contributed by atoms with van der Waals surface area (Å²) in [4.78, 5) is 29.2. The van der Waals surface area contributed by atoms with Crippen molar-refractivity contribution in [1.82, 2.24) is 9.80 Å². The predicted molar refractivity (Wildman–Crippen MR) is 103 cm³/mol. The number of rotatable bonds is 5. The molecule has 2 aliphatic heterocycles. The first-order chi connectivity index (χ1) is 13.0. The largest absolute Gasteiger partial charge is 0.391 e. The first-order valence-corrected chi connectivity index (χ1v) is 10.9. The van der Waals surface area contributed by atoms with Crippen molar-refractivity contribution in [3.63, 3.8) is 0 Å². The quantitative estimate of drug-likeness (QED) is 0.765. The Balaban J connectivity index is 1.57. The van der Waals surface area contributed by atoms with Crippen LogP contribution in [0.5, 0.6) is 0 Å². The molecular formula is C21H36N2O4. The first-order valence-electron chi connectivity index (χ1n) is 10.9. The topological polar surface area (TPSA) is 81.1 Å². The van der Waals surface area contributed by atoms with Gasteiger partial charge in [-0.25, -0.2) is 0 Å². The van der Waals surface area contributed by atoms with E-state index in [1.165, 1.54) is 6.42 Å². The van der Waals surface area contributed by atoms with Crippen LogP contribution < -0.4 is 0 Å². The van der Waals surface area contributed by atoms with E-state index >= 15 is 0 Å². The molecule has 0 bridgehead atoms. The molecule has 2 saturated heterocycles. The first kappa shape index (κ1) is 20.6. The molecule has 0 aromatic rings. The summed E-state index contributed by atoms with van der Waals surface area (Å²) >= 11 is 0. The molecule has 2 N–H and O–H groups in total. The molecule has 0 aromatic heterocycles. The molecule has 6 heteroatoms. The van der Waals surface area contributed by atoms with E-state index in [1.807, 2.05) is 4.90 Å². The van der Waals surface area contributed by atoms with Crippen LogP contribution >= 0.6 is 0 Å². The maximum atomic E-state index is 12.9. The number of aliphatic hydroxyl groups is 2. The predicted octanol–water partition coefficient (Wildman–Crippen LogP) is 2.07. The number of nitrogens with zero attached hydrogens (tertiary/aromatic N) is 2. The second kappa shape index (κ2) is 9.37. The molecule has 1 saturated carbocycles. The van der Waals surface area contributed by atoms with E-state index in [9.17, 15) is 19.8 Å². The molecule has 2 atom stereocenters. The van der Waals surface area contributed by atoms with Crippen molar-refractivity contribution >= 4 is 11.8 Å². The standard InChI is InChI=1S/C21H36N2O4/c24-17-6-4-12-22(15-17)19(26)8-11-21(9-2-1-3-10-21)14-20(27)23-13-5-7-18(25)16-23/h17-18,24-25H,1-16H2. The van der Waals surface area contributed by atoms with E-state index in [0.717, 1.165) is 70.9 Å². The summed E-state index contributed by atoms with van der Waals surface area (Å²) in [6.07, 6.45) is 9.78. The number of amides is 2. The summed E-state index contributed by atoms with van der Waals surface area (Å²) < 4.78 is 0. The van der Waals surface area contributed by atoms with Crippen molar-refractivity contribution in [3.05, 3.63) is 0 Å². The fourth-order valence-electron chi connectivity index (χ4n) is 5.14. The van der Waals surface area contributed by atoms with E-state index in [2.05, 4.69) is 0 Å². The average Bonchev–Trinajstić information content (AvgIpc) is 2.67. The minimum atomic E-state index is -0.392. The number of piperidine rings is 2. The lowest BCUT2D eigenvalue weighted by molar-refractivity contribution is -0.139. The summed E-state index contributed by atoms with van der Waals surface area (Å²) in [5.41, 5.74) is -0.0677. The monoisotopic (exact) mass is 380 g/mol. The molecule has 3 aliphatic rings. The lowest BCUT2D eigenvalue weighted by atomic mass is 9.68. The fraction of sp³-hybridized carbons (Fsp3) is 0.905. The van der Waals surface area contributed by atoms with Crippen molar-refractivity contribution in [3.8, 4) is 0 Å². The van der Waals surface area contributed by atoms with Crippen LogP contribution in [0.1, 0.15) is 77.0 Å². The van der Waals surface area contributed by atoms with Crippen LogP contribution in [0.3, 0.4) is 0 Å². The van der Waals surface area contributed by atoms with Crippen molar-refractivity contribution in [2.24, 2.45) is 5.41 Å². The van der Waals surface area contributed by atoms with Gasteiger partial charge in [0, 0.05) is 39.0 Å². The molecule has 0 aromatic carbocycles. The van der Waals surface area contributed by atoms with Crippen molar-refractivity contribution < 1.29 is 19.8 Å². The molecule has 2 unspecified atom stereocenters. The van der Waals surface area contributed by atoms with Gasteiger partial charge in [-0.05, 0) is 50.4 Å². The Morgan fingerprint density at radius 3 is 1.93 bits per heavy atom. The smallest absolute Gasteiger partial charge is 0.223 e. The third-order valence-corrected chi connectivity index (χ3v) is 6.81. The summed E-state index contributed by atoms with van der Waals surface area (Å²) in [5, 5.41) is 19.7.